The highest BCUT2D eigenvalue weighted by Gasteiger charge is 2.23. The van der Waals surface area contributed by atoms with Gasteiger partial charge in [-0.05, 0) is 37.1 Å². The van der Waals surface area contributed by atoms with Crippen LogP contribution in [0.15, 0.2) is 36.4 Å². The Labute approximate surface area is 153 Å². The van der Waals surface area contributed by atoms with Gasteiger partial charge in [0.05, 0.1) is 21.7 Å². The van der Waals surface area contributed by atoms with Crippen molar-refractivity contribution in [2.24, 2.45) is 5.73 Å². The molecule has 1 fully saturated rings. The standard InChI is InChI=1S/C18H17FN4O4/c19-15-5-3-11(9-13(15)17(20)24)21-18(25)14-10-12(23(26)27)4-6-16(14)22-7-1-2-8-22/h3-6,9-10H,1-2,7-8H2,(H2,20,24)(H,21,25). The van der Waals surface area contributed by atoms with Gasteiger partial charge in [0.15, 0.2) is 0 Å². The zero-order valence-electron chi connectivity index (χ0n) is 14.3. The first kappa shape index (κ1) is 18.3. The van der Waals surface area contributed by atoms with Crippen LogP contribution >= 0.6 is 0 Å². The van der Waals surface area contributed by atoms with Crippen molar-refractivity contribution in [1.82, 2.24) is 0 Å². The second-order valence-corrected chi connectivity index (χ2v) is 6.17. The lowest BCUT2D eigenvalue weighted by molar-refractivity contribution is -0.384. The number of hydrogen-bond donors (Lipinski definition) is 2. The van der Waals surface area contributed by atoms with Crippen molar-refractivity contribution in [3.63, 3.8) is 0 Å². The zero-order valence-corrected chi connectivity index (χ0v) is 14.3. The van der Waals surface area contributed by atoms with Crippen LogP contribution in [0.4, 0.5) is 21.5 Å². The maximum Gasteiger partial charge on any atom is 0.270 e. The average molecular weight is 372 g/mol. The molecule has 0 bridgehead atoms. The number of nitro groups is 1. The second kappa shape index (κ2) is 7.40. The Morgan fingerprint density at radius 2 is 1.81 bits per heavy atom. The molecule has 0 aliphatic carbocycles. The summed E-state index contributed by atoms with van der Waals surface area (Å²) in [5, 5.41) is 13.6. The van der Waals surface area contributed by atoms with Gasteiger partial charge >= 0.3 is 0 Å². The molecule has 0 saturated carbocycles. The molecule has 0 aromatic heterocycles. The molecule has 2 amide bonds. The van der Waals surface area contributed by atoms with Crippen molar-refractivity contribution in [1.29, 1.82) is 0 Å². The Morgan fingerprint density at radius 1 is 1.11 bits per heavy atom. The number of halogens is 1. The lowest BCUT2D eigenvalue weighted by Crippen LogP contribution is -2.23. The number of nitrogens with one attached hydrogen (secondary N) is 1. The van der Waals surface area contributed by atoms with Crippen molar-refractivity contribution in [3.8, 4) is 0 Å². The predicted octanol–water partition coefficient (Wildman–Crippen LogP) is 2.69. The topological polar surface area (TPSA) is 119 Å². The van der Waals surface area contributed by atoms with Gasteiger partial charge in [-0.1, -0.05) is 0 Å². The third-order valence-electron chi connectivity index (χ3n) is 4.37. The number of carbonyl (C=O) groups is 2. The van der Waals surface area contributed by atoms with E-state index in [1.807, 2.05) is 4.90 Å². The predicted molar refractivity (Wildman–Crippen MR) is 97.4 cm³/mol. The van der Waals surface area contributed by atoms with Crippen LogP contribution < -0.4 is 16.0 Å². The van der Waals surface area contributed by atoms with Gasteiger partial charge in [0.1, 0.15) is 5.82 Å². The number of nitrogens with zero attached hydrogens (tertiary/aromatic N) is 2. The molecule has 3 N–H and O–H groups in total. The van der Waals surface area contributed by atoms with Crippen molar-refractivity contribution < 1.29 is 18.9 Å². The third kappa shape index (κ3) is 3.86. The van der Waals surface area contributed by atoms with Gasteiger partial charge in [0.2, 0.25) is 0 Å². The summed E-state index contributed by atoms with van der Waals surface area (Å²) in [4.78, 5) is 36.5. The quantitative estimate of drug-likeness (QED) is 0.618. The van der Waals surface area contributed by atoms with Gasteiger partial charge in [-0.15, -0.1) is 0 Å². The first-order valence-corrected chi connectivity index (χ1v) is 8.31. The number of benzene rings is 2. The first-order chi connectivity index (χ1) is 12.9. The lowest BCUT2D eigenvalue weighted by Gasteiger charge is -2.21. The minimum atomic E-state index is -0.961. The van der Waals surface area contributed by atoms with E-state index >= 15 is 0 Å². The normalized spacial score (nSPS) is 13.4. The third-order valence-corrected chi connectivity index (χ3v) is 4.37. The van der Waals surface area contributed by atoms with Crippen LogP contribution in [0.2, 0.25) is 0 Å². The molecule has 9 heteroatoms. The molecule has 0 radical (unpaired) electrons. The van der Waals surface area contributed by atoms with Crippen LogP contribution in [0, 0.1) is 15.9 Å². The fourth-order valence-electron chi connectivity index (χ4n) is 3.04. The number of nitrogens with two attached hydrogens (primary N) is 1. The van der Waals surface area contributed by atoms with Crippen molar-refractivity contribution >= 4 is 28.9 Å². The maximum atomic E-state index is 13.6. The van der Waals surface area contributed by atoms with Crippen molar-refractivity contribution in [2.75, 3.05) is 23.3 Å². The number of amides is 2. The summed E-state index contributed by atoms with van der Waals surface area (Å²) >= 11 is 0. The van der Waals surface area contributed by atoms with E-state index in [4.69, 9.17) is 5.73 Å². The van der Waals surface area contributed by atoms with Gasteiger partial charge in [-0.25, -0.2) is 4.39 Å². The number of primary amides is 1. The number of rotatable bonds is 5. The molecule has 1 saturated heterocycles. The highest BCUT2D eigenvalue weighted by atomic mass is 19.1. The smallest absolute Gasteiger partial charge is 0.270 e. The van der Waals surface area contributed by atoms with E-state index in [9.17, 15) is 24.1 Å². The molecule has 8 nitrogen and oxygen atoms in total. The van der Waals surface area contributed by atoms with E-state index in [1.165, 1.54) is 18.2 Å². The SMILES string of the molecule is NC(=O)c1cc(NC(=O)c2cc([N+](=O)[O-])ccc2N2CCCC2)ccc1F. The van der Waals surface area contributed by atoms with Gasteiger partial charge < -0.3 is 16.0 Å². The van der Waals surface area contributed by atoms with Gasteiger partial charge in [-0.3, -0.25) is 19.7 Å². The Balaban J connectivity index is 1.95. The summed E-state index contributed by atoms with van der Waals surface area (Å²) in [6, 6.07) is 7.55. The van der Waals surface area contributed by atoms with Gasteiger partial charge in [0.25, 0.3) is 17.5 Å². The minimum absolute atomic E-state index is 0.135. The summed E-state index contributed by atoms with van der Waals surface area (Å²) < 4.78 is 13.6. The van der Waals surface area contributed by atoms with E-state index in [-0.39, 0.29) is 22.5 Å². The molecule has 0 spiro atoms. The number of non-ortho nitro benzene ring substituents is 1. The summed E-state index contributed by atoms with van der Waals surface area (Å²) in [5.41, 5.74) is 5.44. The fraction of sp³-hybridized carbons (Fsp3) is 0.222. The molecular weight excluding hydrogens is 355 g/mol. The highest BCUT2D eigenvalue weighted by Crippen LogP contribution is 2.29. The van der Waals surface area contributed by atoms with E-state index in [1.54, 1.807) is 6.07 Å². The largest absolute Gasteiger partial charge is 0.371 e. The average Bonchev–Trinajstić information content (AvgIpc) is 3.17. The molecular formula is C18H17FN4O4. The van der Waals surface area contributed by atoms with Crippen LogP contribution in [0.1, 0.15) is 33.6 Å². The molecule has 3 rings (SSSR count). The Bertz CT molecular complexity index is 926. The molecule has 1 heterocycles. The zero-order chi connectivity index (χ0) is 19.6. The van der Waals surface area contributed by atoms with Crippen LogP contribution in [0.25, 0.3) is 0 Å². The first-order valence-electron chi connectivity index (χ1n) is 8.31. The van der Waals surface area contributed by atoms with Gasteiger partial charge in [0, 0.05) is 30.9 Å². The van der Waals surface area contributed by atoms with Crippen LogP contribution in [-0.4, -0.2) is 29.8 Å². The maximum absolute atomic E-state index is 13.6. The van der Waals surface area contributed by atoms with E-state index in [0.29, 0.717) is 5.69 Å². The van der Waals surface area contributed by atoms with E-state index < -0.39 is 22.6 Å². The summed E-state index contributed by atoms with van der Waals surface area (Å²) in [6.07, 6.45) is 1.94. The fourth-order valence-corrected chi connectivity index (χ4v) is 3.04. The lowest BCUT2D eigenvalue weighted by atomic mass is 10.1. The number of hydrogen-bond acceptors (Lipinski definition) is 5. The highest BCUT2D eigenvalue weighted by molar-refractivity contribution is 6.09. The van der Waals surface area contributed by atoms with Crippen LogP contribution in [0.3, 0.4) is 0 Å². The van der Waals surface area contributed by atoms with Crippen molar-refractivity contribution in [3.05, 3.63) is 63.5 Å². The summed E-state index contributed by atoms with van der Waals surface area (Å²) in [5.74, 6) is -2.35. The molecule has 2 aromatic rings. The molecule has 1 aliphatic rings. The Morgan fingerprint density at radius 3 is 2.44 bits per heavy atom. The number of anilines is 2. The number of carbonyl (C=O) groups excluding carboxylic acids is 2. The Kier molecular flexibility index (Phi) is 5.02. The molecule has 0 unspecified atom stereocenters. The minimum Gasteiger partial charge on any atom is -0.371 e. The van der Waals surface area contributed by atoms with Crippen LogP contribution in [-0.2, 0) is 0 Å². The van der Waals surface area contributed by atoms with E-state index in [0.717, 1.165) is 38.1 Å². The molecule has 1 aliphatic heterocycles. The Hall–Kier alpha value is -3.49. The molecule has 0 atom stereocenters. The molecule has 140 valence electrons. The van der Waals surface area contributed by atoms with Crippen LogP contribution in [0.5, 0.6) is 0 Å². The number of nitro benzene ring substituents is 1. The molecule has 27 heavy (non-hydrogen) atoms. The van der Waals surface area contributed by atoms with Gasteiger partial charge in [-0.2, -0.15) is 0 Å². The second-order valence-electron chi connectivity index (χ2n) is 6.17. The summed E-state index contributed by atoms with van der Waals surface area (Å²) in [6.45, 7) is 1.50. The monoisotopic (exact) mass is 372 g/mol. The molecule has 2 aromatic carbocycles. The van der Waals surface area contributed by atoms with E-state index in [2.05, 4.69) is 5.32 Å². The summed E-state index contributed by atoms with van der Waals surface area (Å²) in [7, 11) is 0. The van der Waals surface area contributed by atoms with Crippen molar-refractivity contribution in [2.45, 2.75) is 12.8 Å².